The molecular formula is C18H23ClN2O. The lowest BCUT2D eigenvalue weighted by molar-refractivity contribution is 0.184. The maximum absolute atomic E-state index is 12.8. The summed E-state index contributed by atoms with van der Waals surface area (Å²) < 4.78 is 0. The molecule has 1 saturated carbocycles. The summed E-state index contributed by atoms with van der Waals surface area (Å²) in [6, 6.07) is 6.05. The summed E-state index contributed by atoms with van der Waals surface area (Å²) in [5, 5.41) is 1.29. The number of aromatic amines is 1. The molecule has 0 unspecified atom stereocenters. The zero-order valence-corrected chi connectivity index (χ0v) is 14.0. The fourth-order valence-corrected chi connectivity index (χ4v) is 3.69. The fourth-order valence-electron chi connectivity index (χ4n) is 3.51. The van der Waals surface area contributed by atoms with Crippen LogP contribution >= 0.6 is 11.6 Å². The van der Waals surface area contributed by atoms with Crippen molar-refractivity contribution in [1.29, 1.82) is 0 Å². The monoisotopic (exact) mass is 318 g/mol. The van der Waals surface area contributed by atoms with Crippen LogP contribution in [0.25, 0.3) is 10.9 Å². The summed E-state index contributed by atoms with van der Waals surface area (Å²) in [5.74, 6) is 0. The van der Waals surface area contributed by atoms with Gasteiger partial charge in [0.15, 0.2) is 5.43 Å². The van der Waals surface area contributed by atoms with E-state index in [4.69, 9.17) is 11.6 Å². The number of pyridine rings is 1. The Morgan fingerprint density at radius 1 is 1.27 bits per heavy atom. The van der Waals surface area contributed by atoms with Crippen molar-refractivity contribution in [2.75, 3.05) is 7.05 Å². The summed E-state index contributed by atoms with van der Waals surface area (Å²) >= 11 is 6.05. The van der Waals surface area contributed by atoms with Crippen molar-refractivity contribution < 1.29 is 0 Å². The highest BCUT2D eigenvalue weighted by molar-refractivity contribution is 6.31. The van der Waals surface area contributed by atoms with Gasteiger partial charge in [0.05, 0.1) is 0 Å². The molecule has 2 aromatic rings. The molecule has 22 heavy (non-hydrogen) atoms. The van der Waals surface area contributed by atoms with E-state index in [9.17, 15) is 4.79 Å². The molecule has 0 atom stereocenters. The largest absolute Gasteiger partial charge is 0.358 e. The van der Waals surface area contributed by atoms with Gasteiger partial charge in [0.1, 0.15) is 0 Å². The van der Waals surface area contributed by atoms with E-state index in [0.717, 1.165) is 16.8 Å². The smallest absolute Gasteiger partial charge is 0.194 e. The fraction of sp³-hybridized carbons (Fsp3) is 0.500. The second-order valence-corrected chi connectivity index (χ2v) is 6.89. The molecule has 0 saturated heterocycles. The van der Waals surface area contributed by atoms with Crippen molar-refractivity contribution in [3.63, 3.8) is 0 Å². The molecular weight excluding hydrogens is 296 g/mol. The van der Waals surface area contributed by atoms with Crippen molar-refractivity contribution in [3.05, 3.63) is 44.7 Å². The number of benzene rings is 1. The number of hydrogen-bond donors (Lipinski definition) is 1. The van der Waals surface area contributed by atoms with Gasteiger partial charge in [-0.2, -0.15) is 0 Å². The summed E-state index contributed by atoms with van der Waals surface area (Å²) in [4.78, 5) is 18.5. The van der Waals surface area contributed by atoms with Crippen LogP contribution in [0.15, 0.2) is 23.0 Å². The minimum Gasteiger partial charge on any atom is -0.358 e. The zero-order valence-electron chi connectivity index (χ0n) is 13.3. The Labute approximate surface area is 136 Å². The summed E-state index contributed by atoms with van der Waals surface area (Å²) in [6.45, 7) is 2.69. The van der Waals surface area contributed by atoms with Gasteiger partial charge in [0, 0.05) is 39.8 Å². The van der Waals surface area contributed by atoms with Crippen molar-refractivity contribution in [2.24, 2.45) is 0 Å². The Bertz CT molecular complexity index is 732. The van der Waals surface area contributed by atoms with Crippen LogP contribution in [-0.4, -0.2) is 23.0 Å². The number of nitrogens with one attached hydrogen (secondary N) is 1. The van der Waals surface area contributed by atoms with E-state index in [1.807, 2.05) is 19.1 Å². The van der Waals surface area contributed by atoms with E-state index in [-0.39, 0.29) is 5.43 Å². The predicted molar refractivity (Wildman–Crippen MR) is 92.7 cm³/mol. The van der Waals surface area contributed by atoms with E-state index >= 15 is 0 Å². The number of nitrogens with zero attached hydrogens (tertiary/aromatic N) is 1. The van der Waals surface area contributed by atoms with Crippen LogP contribution < -0.4 is 5.43 Å². The van der Waals surface area contributed by atoms with E-state index < -0.39 is 0 Å². The van der Waals surface area contributed by atoms with Crippen molar-refractivity contribution in [2.45, 2.75) is 51.6 Å². The number of aromatic nitrogens is 1. The number of H-pyrrole nitrogens is 1. The topological polar surface area (TPSA) is 36.1 Å². The summed E-state index contributed by atoms with van der Waals surface area (Å²) in [5.41, 5.74) is 2.79. The van der Waals surface area contributed by atoms with Crippen LogP contribution in [0, 0.1) is 6.92 Å². The first kappa shape index (κ1) is 15.6. The lowest BCUT2D eigenvalue weighted by Crippen LogP contribution is -2.34. The van der Waals surface area contributed by atoms with Gasteiger partial charge in [-0.1, -0.05) is 30.9 Å². The van der Waals surface area contributed by atoms with Gasteiger partial charge in [-0.15, -0.1) is 0 Å². The first-order valence-electron chi connectivity index (χ1n) is 8.07. The molecule has 3 nitrogen and oxygen atoms in total. The van der Waals surface area contributed by atoms with Crippen molar-refractivity contribution in [3.8, 4) is 0 Å². The van der Waals surface area contributed by atoms with Crippen LogP contribution in [0.2, 0.25) is 5.02 Å². The van der Waals surface area contributed by atoms with Crippen LogP contribution in [0.3, 0.4) is 0 Å². The Morgan fingerprint density at radius 2 is 2.00 bits per heavy atom. The number of aryl methyl sites for hydroxylation is 1. The number of fused-ring (bicyclic) bond motifs is 1. The maximum atomic E-state index is 12.8. The minimum absolute atomic E-state index is 0.108. The molecule has 0 aliphatic heterocycles. The van der Waals surface area contributed by atoms with Crippen molar-refractivity contribution >= 4 is 22.5 Å². The van der Waals surface area contributed by atoms with Gasteiger partial charge in [-0.3, -0.25) is 9.69 Å². The number of hydrogen-bond acceptors (Lipinski definition) is 2. The standard InChI is InChI=1S/C18H23ClN2O/c1-12-16(11-21(2)14-6-4-3-5-7-14)18(22)15-10-13(19)8-9-17(15)20-12/h8-10,14H,3-7,11H2,1-2H3,(H,20,22). The third-order valence-corrected chi connectivity index (χ3v) is 5.12. The van der Waals surface area contributed by atoms with Crippen LogP contribution in [0.4, 0.5) is 0 Å². The van der Waals surface area contributed by atoms with E-state index in [2.05, 4.69) is 16.9 Å². The second-order valence-electron chi connectivity index (χ2n) is 6.45. The molecule has 0 radical (unpaired) electrons. The highest BCUT2D eigenvalue weighted by atomic mass is 35.5. The Morgan fingerprint density at radius 3 is 2.73 bits per heavy atom. The van der Waals surface area contributed by atoms with Gasteiger partial charge in [0.2, 0.25) is 0 Å². The molecule has 0 spiro atoms. The Balaban J connectivity index is 1.94. The first-order valence-corrected chi connectivity index (χ1v) is 8.45. The van der Waals surface area contributed by atoms with Gasteiger partial charge >= 0.3 is 0 Å². The second kappa shape index (κ2) is 6.43. The maximum Gasteiger partial charge on any atom is 0.194 e. The zero-order chi connectivity index (χ0) is 15.7. The molecule has 1 aliphatic rings. The molecule has 0 bridgehead atoms. The first-order chi connectivity index (χ1) is 10.6. The Kier molecular flexibility index (Phi) is 4.55. The summed E-state index contributed by atoms with van der Waals surface area (Å²) in [6.07, 6.45) is 6.44. The molecule has 1 N–H and O–H groups in total. The average molecular weight is 319 g/mol. The van der Waals surface area contributed by atoms with E-state index in [0.29, 0.717) is 23.0 Å². The van der Waals surface area contributed by atoms with Gasteiger partial charge < -0.3 is 4.98 Å². The van der Waals surface area contributed by atoms with Crippen molar-refractivity contribution in [1.82, 2.24) is 9.88 Å². The molecule has 1 aromatic heterocycles. The van der Waals surface area contributed by atoms with Crippen LogP contribution in [0.1, 0.15) is 43.4 Å². The highest BCUT2D eigenvalue weighted by Gasteiger charge is 2.20. The quantitative estimate of drug-likeness (QED) is 0.918. The van der Waals surface area contributed by atoms with E-state index in [1.54, 1.807) is 6.07 Å². The minimum atomic E-state index is 0.108. The summed E-state index contributed by atoms with van der Waals surface area (Å²) in [7, 11) is 2.14. The molecule has 1 fully saturated rings. The van der Waals surface area contributed by atoms with Gasteiger partial charge in [-0.25, -0.2) is 0 Å². The molecule has 3 rings (SSSR count). The third-order valence-electron chi connectivity index (χ3n) is 4.88. The molecule has 0 amide bonds. The SMILES string of the molecule is Cc1[nH]c2ccc(Cl)cc2c(=O)c1CN(C)C1CCCCC1. The lowest BCUT2D eigenvalue weighted by Gasteiger charge is -2.31. The van der Waals surface area contributed by atoms with Gasteiger partial charge in [0.25, 0.3) is 0 Å². The predicted octanol–water partition coefficient (Wildman–Crippen LogP) is 4.25. The molecule has 1 heterocycles. The highest BCUT2D eigenvalue weighted by Crippen LogP contribution is 2.23. The molecule has 118 valence electrons. The number of halogens is 1. The van der Waals surface area contributed by atoms with Gasteiger partial charge in [-0.05, 0) is 45.0 Å². The molecule has 1 aliphatic carbocycles. The number of rotatable bonds is 3. The molecule has 4 heteroatoms. The molecule has 1 aromatic carbocycles. The third kappa shape index (κ3) is 3.06. The van der Waals surface area contributed by atoms with E-state index in [1.165, 1.54) is 32.1 Å². The lowest BCUT2D eigenvalue weighted by atomic mass is 9.94. The van der Waals surface area contributed by atoms with Crippen LogP contribution in [0.5, 0.6) is 0 Å². The Hall–Kier alpha value is -1.32. The average Bonchev–Trinajstić information content (AvgIpc) is 2.53. The van der Waals surface area contributed by atoms with Crippen LogP contribution in [-0.2, 0) is 6.54 Å². The normalized spacial score (nSPS) is 16.5.